The second kappa shape index (κ2) is 15.3. The van der Waals surface area contributed by atoms with E-state index in [0.29, 0.717) is 18.4 Å². The van der Waals surface area contributed by atoms with E-state index in [-0.39, 0.29) is 23.6 Å². The predicted molar refractivity (Wildman–Crippen MR) is 143 cm³/mol. The van der Waals surface area contributed by atoms with Crippen LogP contribution in [-0.4, -0.2) is 53.3 Å². The number of nitrogens with zero attached hydrogens (tertiary/aromatic N) is 2. The standard InChI is InChI=1S/C24H24F5N3O4.2C2H6/c1-14(21(33)30-23(11-12-23)16-5-3-15(4-6-16)22(34)35)19(20(25)26)31-32(2)13-36-18-9-7-17(8-10-18)24(27,28)29;2*1-2/h3-10,20-21,30,33H,1,11-13H2,2H3,(H,34,35);2*1-2H3/b31-19+;;. The van der Waals surface area contributed by atoms with Crippen LogP contribution < -0.4 is 10.1 Å². The highest BCUT2D eigenvalue weighted by Gasteiger charge is 2.46. The minimum absolute atomic E-state index is 0.0776. The summed E-state index contributed by atoms with van der Waals surface area (Å²) in [6.45, 7) is 11.2. The average molecular weight is 574 g/mol. The lowest BCUT2D eigenvalue weighted by molar-refractivity contribution is -0.137. The first-order chi connectivity index (χ1) is 18.8. The topological polar surface area (TPSA) is 94.4 Å². The molecule has 0 heterocycles. The van der Waals surface area contributed by atoms with E-state index in [4.69, 9.17) is 9.84 Å². The molecule has 3 rings (SSSR count). The number of ether oxygens (including phenoxy) is 1. The number of hydrogen-bond donors (Lipinski definition) is 3. The summed E-state index contributed by atoms with van der Waals surface area (Å²) in [5.74, 6) is -1.01. The Bertz CT molecular complexity index is 1120. The van der Waals surface area contributed by atoms with Crippen LogP contribution in [0.4, 0.5) is 22.0 Å². The number of alkyl halides is 5. The van der Waals surface area contributed by atoms with Crippen molar-refractivity contribution in [1.29, 1.82) is 0 Å². The van der Waals surface area contributed by atoms with E-state index < -0.39 is 41.6 Å². The minimum Gasteiger partial charge on any atom is -0.478 e. The fourth-order valence-electron chi connectivity index (χ4n) is 3.43. The highest BCUT2D eigenvalue weighted by Crippen LogP contribution is 2.46. The van der Waals surface area contributed by atoms with Gasteiger partial charge in [-0.05, 0) is 54.8 Å². The summed E-state index contributed by atoms with van der Waals surface area (Å²) in [5, 5.41) is 27.2. The zero-order chi connectivity index (χ0) is 30.7. The van der Waals surface area contributed by atoms with Gasteiger partial charge in [0.2, 0.25) is 0 Å². The zero-order valence-electron chi connectivity index (χ0n) is 23.1. The molecule has 0 amide bonds. The molecule has 1 saturated carbocycles. The average Bonchev–Trinajstić information content (AvgIpc) is 3.72. The van der Waals surface area contributed by atoms with Gasteiger partial charge in [-0.15, -0.1) is 0 Å². The molecule has 7 nitrogen and oxygen atoms in total. The van der Waals surface area contributed by atoms with Gasteiger partial charge in [-0.25, -0.2) is 13.6 Å². The van der Waals surface area contributed by atoms with Crippen LogP contribution in [0.5, 0.6) is 5.75 Å². The number of carbonyl (C=O) groups is 1. The third-order valence-corrected chi connectivity index (χ3v) is 5.59. The lowest BCUT2D eigenvalue weighted by Gasteiger charge is -2.25. The number of hydrazone groups is 1. The summed E-state index contributed by atoms with van der Waals surface area (Å²) in [7, 11) is 1.31. The lowest BCUT2D eigenvalue weighted by Crippen LogP contribution is -2.42. The van der Waals surface area contributed by atoms with E-state index in [1.54, 1.807) is 12.1 Å². The molecule has 222 valence electrons. The number of rotatable bonds is 11. The smallest absolute Gasteiger partial charge is 0.416 e. The molecule has 0 spiro atoms. The van der Waals surface area contributed by atoms with E-state index in [1.165, 1.54) is 19.2 Å². The van der Waals surface area contributed by atoms with Crippen LogP contribution in [0, 0.1) is 0 Å². The van der Waals surface area contributed by atoms with Crippen molar-refractivity contribution in [3.63, 3.8) is 0 Å². The van der Waals surface area contributed by atoms with Crippen LogP contribution in [0.3, 0.4) is 0 Å². The molecular weight excluding hydrogens is 537 g/mol. The largest absolute Gasteiger partial charge is 0.478 e. The minimum atomic E-state index is -4.50. The molecule has 2 aromatic rings. The Morgan fingerprint density at radius 2 is 1.60 bits per heavy atom. The van der Waals surface area contributed by atoms with Crippen molar-refractivity contribution in [3.05, 3.63) is 77.4 Å². The maximum atomic E-state index is 13.7. The number of aromatic carboxylic acids is 1. The molecule has 1 aliphatic carbocycles. The molecule has 1 unspecified atom stereocenters. The molecule has 0 aromatic heterocycles. The van der Waals surface area contributed by atoms with Crippen LogP contribution in [0.2, 0.25) is 0 Å². The van der Waals surface area contributed by atoms with Crippen LogP contribution in [-0.2, 0) is 11.7 Å². The Hall–Kier alpha value is -3.51. The van der Waals surface area contributed by atoms with Crippen molar-refractivity contribution in [1.82, 2.24) is 10.3 Å². The summed E-state index contributed by atoms with van der Waals surface area (Å²) in [4.78, 5) is 11.0. The molecule has 1 fully saturated rings. The molecule has 0 radical (unpaired) electrons. The van der Waals surface area contributed by atoms with Gasteiger partial charge in [0.05, 0.1) is 11.1 Å². The number of aliphatic hydroxyl groups is 1. The van der Waals surface area contributed by atoms with E-state index >= 15 is 0 Å². The van der Waals surface area contributed by atoms with E-state index in [0.717, 1.165) is 29.3 Å². The second-order valence-electron chi connectivity index (χ2n) is 8.28. The highest BCUT2D eigenvalue weighted by molar-refractivity contribution is 6.02. The maximum Gasteiger partial charge on any atom is 0.416 e. The summed E-state index contributed by atoms with van der Waals surface area (Å²) < 4.78 is 70.7. The molecular formula is C28H36F5N3O4. The number of carboxylic acids is 1. The molecule has 1 atom stereocenters. The molecule has 2 aromatic carbocycles. The Morgan fingerprint density at radius 3 is 2.02 bits per heavy atom. The van der Waals surface area contributed by atoms with E-state index in [9.17, 15) is 31.9 Å². The van der Waals surface area contributed by atoms with Crippen molar-refractivity contribution < 1.29 is 41.7 Å². The summed E-state index contributed by atoms with van der Waals surface area (Å²) in [6, 6.07) is 9.86. The number of aliphatic hydroxyl groups excluding tert-OH is 1. The van der Waals surface area contributed by atoms with Crippen LogP contribution in [0.15, 0.2) is 65.8 Å². The number of nitrogens with one attached hydrogen (secondary N) is 1. The van der Waals surface area contributed by atoms with Gasteiger partial charge in [-0.1, -0.05) is 46.4 Å². The number of benzene rings is 2. The molecule has 12 heteroatoms. The first-order valence-electron chi connectivity index (χ1n) is 12.7. The van der Waals surface area contributed by atoms with Gasteiger partial charge in [0.1, 0.15) is 17.7 Å². The van der Waals surface area contributed by atoms with Crippen LogP contribution in [0.25, 0.3) is 0 Å². The number of hydrogen-bond acceptors (Lipinski definition) is 6. The van der Waals surface area contributed by atoms with Gasteiger partial charge < -0.3 is 14.9 Å². The SMILES string of the molecule is C=C(/C(=N\N(C)COc1ccc(C(F)(F)F)cc1)C(F)F)C(O)NC1(c2ccc(C(=O)O)cc2)CC1.CC.CC. The van der Waals surface area contributed by atoms with Gasteiger partial charge in [-0.3, -0.25) is 10.3 Å². The summed E-state index contributed by atoms with van der Waals surface area (Å²) >= 11 is 0. The quantitative estimate of drug-likeness (QED) is 0.123. The van der Waals surface area contributed by atoms with Gasteiger partial charge in [0.15, 0.2) is 6.73 Å². The van der Waals surface area contributed by atoms with Gasteiger partial charge in [0, 0.05) is 18.2 Å². The second-order valence-corrected chi connectivity index (χ2v) is 8.28. The molecule has 40 heavy (non-hydrogen) atoms. The fraction of sp³-hybridized carbons (Fsp3) is 0.429. The van der Waals surface area contributed by atoms with Crippen molar-refractivity contribution in [2.45, 2.75) is 64.9 Å². The fourth-order valence-corrected chi connectivity index (χ4v) is 3.43. The first-order valence-corrected chi connectivity index (χ1v) is 12.7. The summed E-state index contributed by atoms with van der Waals surface area (Å²) in [5.41, 5.74) is -1.97. The lowest BCUT2D eigenvalue weighted by atomic mass is 10.0. The summed E-state index contributed by atoms with van der Waals surface area (Å²) in [6.07, 6.45) is -7.99. The normalized spacial score (nSPS) is 14.7. The van der Waals surface area contributed by atoms with Crippen LogP contribution >= 0.6 is 0 Å². The maximum absolute atomic E-state index is 13.7. The number of halogens is 5. The van der Waals surface area contributed by atoms with Gasteiger partial charge >= 0.3 is 12.1 Å². The van der Waals surface area contributed by atoms with E-state index in [1.807, 2.05) is 27.7 Å². The van der Waals surface area contributed by atoms with Gasteiger partial charge in [0.25, 0.3) is 6.43 Å². The third-order valence-electron chi connectivity index (χ3n) is 5.59. The van der Waals surface area contributed by atoms with Crippen molar-refractivity contribution in [2.24, 2.45) is 5.10 Å². The molecule has 0 bridgehead atoms. The highest BCUT2D eigenvalue weighted by atomic mass is 19.4. The zero-order valence-corrected chi connectivity index (χ0v) is 23.1. The first kappa shape index (κ1) is 34.5. The van der Waals surface area contributed by atoms with Crippen LogP contribution in [0.1, 0.15) is 62.0 Å². The molecule has 0 saturated heterocycles. The molecule has 1 aliphatic rings. The van der Waals surface area contributed by atoms with Crippen molar-refractivity contribution in [2.75, 3.05) is 13.8 Å². The Morgan fingerprint density at radius 1 is 1.07 bits per heavy atom. The monoisotopic (exact) mass is 573 g/mol. The third kappa shape index (κ3) is 9.60. The Labute approximate surface area is 231 Å². The van der Waals surface area contributed by atoms with Gasteiger partial charge in [-0.2, -0.15) is 18.3 Å². The predicted octanol–water partition coefficient (Wildman–Crippen LogP) is 6.50. The molecule has 0 aliphatic heterocycles. The number of carboxylic acid groups (broad SMARTS) is 1. The van der Waals surface area contributed by atoms with E-state index in [2.05, 4.69) is 17.0 Å². The Kier molecular flexibility index (Phi) is 13.2. The van der Waals surface area contributed by atoms with Crippen molar-refractivity contribution >= 4 is 11.7 Å². The molecule has 3 N–H and O–H groups in total. The van der Waals surface area contributed by atoms with Crippen molar-refractivity contribution in [3.8, 4) is 5.75 Å². The Balaban J connectivity index is 0.00000191.